The Bertz CT molecular complexity index is 5720. The summed E-state index contributed by atoms with van der Waals surface area (Å²) in [4.78, 5) is 77.0. The maximum absolute atomic E-state index is 12.9. The van der Waals surface area contributed by atoms with Crippen molar-refractivity contribution in [2.45, 2.75) is 75.2 Å². The number of likely N-dealkylation sites (tertiary alicyclic amines) is 2. The molecule has 5 fully saturated rings. The van der Waals surface area contributed by atoms with Crippen LogP contribution >= 0.6 is 0 Å². The van der Waals surface area contributed by atoms with Crippen molar-refractivity contribution in [3.8, 4) is 73.7 Å². The van der Waals surface area contributed by atoms with Gasteiger partial charge in [-0.05, 0) is 180 Å². The van der Waals surface area contributed by atoms with E-state index in [4.69, 9.17) is 36.5 Å². The molecule has 1 atom stereocenters. The molecule has 25 nitrogen and oxygen atoms in total. The van der Waals surface area contributed by atoms with Crippen LogP contribution in [0, 0.1) is 0 Å². The van der Waals surface area contributed by atoms with Gasteiger partial charge in [-0.2, -0.15) is 5.10 Å². The Morgan fingerprint density at radius 2 is 0.853 bits per heavy atom. The second kappa shape index (κ2) is 34.5. The Kier molecular flexibility index (Phi) is 22.8. The highest BCUT2D eigenvalue weighted by molar-refractivity contribution is 6.04. The molecule has 0 unspecified atom stereocenters. The van der Waals surface area contributed by atoms with Crippen LogP contribution in [-0.2, 0) is 14.4 Å². The molecule has 5 aliphatic rings. The van der Waals surface area contributed by atoms with E-state index in [9.17, 15) is 14.4 Å². The average Bonchev–Trinajstić information content (AvgIpc) is 1.61. The number of nitrogens with zero attached hydrogens (tertiary/aromatic N) is 16. The molecule has 18 rings (SSSR count). The summed E-state index contributed by atoms with van der Waals surface area (Å²) >= 11 is 0. The van der Waals surface area contributed by atoms with Crippen molar-refractivity contribution in [3.05, 3.63) is 256 Å². The number of hydrogen-bond acceptors (Lipinski definition) is 19. The first-order valence-corrected chi connectivity index (χ1v) is 39.4. The van der Waals surface area contributed by atoms with Gasteiger partial charge in [-0.3, -0.25) is 29.1 Å². The molecule has 13 aromatic rings. The number of ether oxygens (including phenoxy) is 3. The Labute approximate surface area is 673 Å². The molecule has 25 heteroatoms. The molecule has 0 radical (unpaired) electrons. The molecule has 7 aromatic carbocycles. The number of amides is 3. The molecular weight excluding hydrogens is 1460 g/mol. The van der Waals surface area contributed by atoms with Gasteiger partial charge < -0.3 is 55.2 Å². The number of benzene rings is 7. The van der Waals surface area contributed by atoms with Gasteiger partial charge in [-0.25, -0.2) is 34.6 Å². The summed E-state index contributed by atoms with van der Waals surface area (Å²) < 4.78 is 23.9. The third-order valence-electron chi connectivity index (χ3n) is 21.9. The molecule has 2 saturated heterocycles. The van der Waals surface area contributed by atoms with Gasteiger partial charge in [0.2, 0.25) is 17.7 Å². The predicted octanol–water partition coefficient (Wildman–Crippen LogP) is 14.9. The van der Waals surface area contributed by atoms with Crippen molar-refractivity contribution in [2.24, 2.45) is 0 Å². The maximum atomic E-state index is 12.9. The number of nitrogens with two attached hydrogens (primary N) is 3. The second-order valence-electron chi connectivity index (χ2n) is 30.1. The predicted molar refractivity (Wildman–Crippen MR) is 454 cm³/mol. The van der Waals surface area contributed by atoms with Gasteiger partial charge in [0, 0.05) is 130 Å². The van der Waals surface area contributed by atoms with Crippen molar-refractivity contribution in [3.63, 3.8) is 0 Å². The quantitative estimate of drug-likeness (QED) is 0.0448. The molecule has 3 saturated carbocycles. The molecule has 0 spiro atoms. The summed E-state index contributed by atoms with van der Waals surface area (Å²) in [6, 6.07) is 62.6. The van der Waals surface area contributed by atoms with Crippen LogP contribution in [0.25, 0.3) is 72.3 Å². The molecule has 588 valence electrons. The molecule has 3 aliphatic carbocycles. The second-order valence-corrected chi connectivity index (χ2v) is 30.1. The highest BCUT2D eigenvalue weighted by Gasteiger charge is 2.36. The van der Waals surface area contributed by atoms with Crippen LogP contribution < -0.4 is 36.3 Å². The number of likely N-dealkylation sites (N-methyl/N-ethyl adjacent to an activating group) is 4. The smallest absolute Gasteiger partial charge is 0.250 e. The third kappa shape index (κ3) is 17.8. The highest BCUT2D eigenvalue weighted by atomic mass is 16.5. The number of para-hydroxylation sites is 3. The first kappa shape index (κ1) is 76.6. The molecule has 6 N–H and O–H groups in total. The number of nitrogen functional groups attached to an aromatic ring is 3. The minimum absolute atomic E-state index is 0.0257. The van der Waals surface area contributed by atoms with Crippen molar-refractivity contribution < 1.29 is 28.6 Å². The first-order valence-electron chi connectivity index (χ1n) is 39.4. The standard InChI is InChI=1S/C33H32N6O2.C30H32N6O2.C28H29N7O2/c1-37(24-15-16-24)19-7-12-30(40)38(2)25-8-6-9-26(20-25)39-21-29(31-32(34)35-22-36-33(31)39)23-13-17-28(18-14-23)41-27-10-4-3-5-11-27;1-34(22-11-12-22)16-5-8-27(37)35-17-15-23(18-35)36-19-26(28-29(31)32-20-33-30(28)36)21-9-13-25(14-10-21)38-24-6-3-2-4-7-24;1-33(20-11-12-20)15-5-8-24(36)34-16-21(17-34)35-28-25(27(29)30-18-31-28)26(32-35)19-9-13-23(14-10-19)37-22-6-3-2-4-7-22/h3-14,17-18,20-22,24H,15-16,19H2,1-2H3,(H2,34,35,36);2-10,13-14,19-20,22-23H,11-12,15-18H2,1H3,(H2,31,32,33);2-10,13-14,18,20-21H,11-12,15-17H2,1H3,(H2,29,30,31)/b12-7+;2*8-5+/t;23-;/m.1./s1. The van der Waals surface area contributed by atoms with Crippen LogP contribution in [0.1, 0.15) is 57.0 Å². The molecule has 2 aliphatic heterocycles. The topological polar surface area (TPSA) is 281 Å². The van der Waals surface area contributed by atoms with Crippen LogP contribution in [0.5, 0.6) is 34.5 Å². The van der Waals surface area contributed by atoms with E-state index >= 15 is 0 Å². The number of fused-ring (bicyclic) bond motifs is 3. The fourth-order valence-electron chi connectivity index (χ4n) is 14.7. The normalized spacial score (nSPS) is 15.6. The van der Waals surface area contributed by atoms with Gasteiger partial charge in [0.1, 0.15) is 82.3 Å². The number of hydrogen-bond donors (Lipinski definition) is 3. The van der Waals surface area contributed by atoms with E-state index in [1.165, 1.54) is 57.5 Å². The highest BCUT2D eigenvalue weighted by Crippen LogP contribution is 2.41. The van der Waals surface area contributed by atoms with Crippen molar-refractivity contribution in [1.29, 1.82) is 0 Å². The zero-order valence-electron chi connectivity index (χ0n) is 65.4. The van der Waals surface area contributed by atoms with E-state index in [2.05, 4.69) is 76.5 Å². The lowest BCUT2D eigenvalue weighted by molar-refractivity contribution is -0.131. The summed E-state index contributed by atoms with van der Waals surface area (Å²) in [5, 5.41) is 7.20. The Hall–Kier alpha value is -13.4. The zero-order chi connectivity index (χ0) is 79.8. The van der Waals surface area contributed by atoms with Crippen LogP contribution in [0.15, 0.2) is 256 Å². The van der Waals surface area contributed by atoms with E-state index in [1.54, 1.807) is 30.2 Å². The Balaban J connectivity index is 0.000000131. The lowest BCUT2D eigenvalue weighted by atomic mass is 10.1. The van der Waals surface area contributed by atoms with Gasteiger partial charge in [-0.1, -0.05) is 103 Å². The first-order chi connectivity index (χ1) is 56.6. The zero-order valence-corrected chi connectivity index (χ0v) is 65.4. The van der Waals surface area contributed by atoms with E-state index < -0.39 is 0 Å². The minimum Gasteiger partial charge on any atom is -0.457 e. The summed E-state index contributed by atoms with van der Waals surface area (Å²) in [6.45, 7) is 4.88. The average molecular weight is 1550 g/mol. The van der Waals surface area contributed by atoms with Crippen LogP contribution in [0.4, 0.5) is 23.1 Å². The van der Waals surface area contributed by atoms with Crippen LogP contribution in [0.3, 0.4) is 0 Å². The fraction of sp³-hybridized carbons (Fsp3) is 0.253. The Morgan fingerprint density at radius 3 is 1.35 bits per heavy atom. The summed E-state index contributed by atoms with van der Waals surface area (Å²) in [5.41, 5.74) is 28.2. The minimum atomic E-state index is -0.0752. The summed E-state index contributed by atoms with van der Waals surface area (Å²) in [6.07, 6.45) is 27.8. The molecular formula is C91H93N19O6. The number of carbonyl (C=O) groups excluding carboxylic acids is 3. The molecule has 3 amide bonds. The van der Waals surface area contributed by atoms with Gasteiger partial charge in [0.05, 0.1) is 28.2 Å². The molecule has 6 aromatic heterocycles. The maximum Gasteiger partial charge on any atom is 0.250 e. The third-order valence-corrected chi connectivity index (χ3v) is 21.9. The number of aromatic nitrogens is 10. The van der Waals surface area contributed by atoms with Gasteiger partial charge in [0.15, 0.2) is 11.3 Å². The van der Waals surface area contributed by atoms with Gasteiger partial charge in [-0.15, -0.1) is 0 Å². The van der Waals surface area contributed by atoms with Crippen molar-refractivity contribution >= 4 is 74.0 Å². The molecule has 8 heterocycles. The fourth-order valence-corrected chi connectivity index (χ4v) is 14.7. The van der Waals surface area contributed by atoms with Gasteiger partial charge >= 0.3 is 0 Å². The van der Waals surface area contributed by atoms with Crippen molar-refractivity contribution in [2.75, 3.05) is 96.1 Å². The number of carbonyl (C=O) groups is 3. The number of rotatable bonds is 25. The van der Waals surface area contributed by atoms with Crippen LogP contribution in [-0.4, -0.2) is 183 Å². The summed E-state index contributed by atoms with van der Waals surface area (Å²) in [7, 11) is 8.10. The van der Waals surface area contributed by atoms with E-state index in [-0.39, 0.29) is 29.8 Å². The molecule has 116 heavy (non-hydrogen) atoms. The molecule has 0 bridgehead atoms. The monoisotopic (exact) mass is 1550 g/mol. The van der Waals surface area contributed by atoms with Gasteiger partial charge in [0.25, 0.3) is 0 Å². The van der Waals surface area contributed by atoms with Crippen molar-refractivity contribution in [1.82, 2.24) is 73.3 Å². The summed E-state index contributed by atoms with van der Waals surface area (Å²) in [5.74, 6) is 5.81. The van der Waals surface area contributed by atoms with E-state index in [1.807, 2.05) is 232 Å². The van der Waals surface area contributed by atoms with Crippen LogP contribution in [0.2, 0.25) is 0 Å². The number of anilines is 4. The lowest BCUT2D eigenvalue weighted by Crippen LogP contribution is -2.50. The lowest BCUT2D eigenvalue weighted by Gasteiger charge is -2.38. The largest absolute Gasteiger partial charge is 0.457 e. The SMILES string of the molecule is CN(C(=O)/C=C/CN(C)C1CC1)c1cccc(-n2cc(-c3ccc(Oc4ccccc4)cc3)c3c(N)ncnc32)c1.CN(C/C=C/C(=O)N1CC(n2nc(-c3ccc(Oc4ccccc4)cc3)c3c(N)ncnc32)C1)C1CC1.CN(C/C=C/C(=O)N1CC[C@@H](n2cc(-c3ccc(Oc4ccccc4)cc3)c3c(N)ncnc32)C1)C1CC1. The van der Waals surface area contributed by atoms with E-state index in [0.29, 0.717) is 84.1 Å². The van der Waals surface area contributed by atoms with E-state index in [0.717, 1.165) is 116 Å². The Morgan fingerprint density at radius 1 is 0.431 bits per heavy atom.